The minimum Gasteiger partial charge on any atom is -0.435 e. The summed E-state index contributed by atoms with van der Waals surface area (Å²) in [5.74, 6) is -0.311. The fourth-order valence-corrected chi connectivity index (χ4v) is 1.49. The number of anilines is 1. The average Bonchev–Trinajstić information content (AvgIpc) is 2.36. The van der Waals surface area contributed by atoms with Gasteiger partial charge in [0.1, 0.15) is 5.75 Å². The van der Waals surface area contributed by atoms with Crippen LogP contribution in [0.15, 0.2) is 24.3 Å². The van der Waals surface area contributed by atoms with Crippen LogP contribution in [-0.2, 0) is 4.79 Å². The predicted octanol–water partition coefficient (Wildman–Crippen LogP) is 2.60. The highest BCUT2D eigenvalue weighted by Crippen LogP contribution is 2.19. The summed E-state index contributed by atoms with van der Waals surface area (Å²) in [4.78, 5) is 11.8. The Morgan fingerprint density at radius 3 is 2.74 bits per heavy atom. The number of hydrogen-bond acceptors (Lipinski definition) is 3. The lowest BCUT2D eigenvalue weighted by molar-refractivity contribution is -0.118. The van der Waals surface area contributed by atoms with Crippen LogP contribution in [0.4, 0.5) is 14.5 Å². The lowest BCUT2D eigenvalue weighted by atomic mass is 9.99. The van der Waals surface area contributed by atoms with Gasteiger partial charge in [0.2, 0.25) is 5.91 Å². The molecule has 0 saturated carbocycles. The molecule has 1 aromatic carbocycles. The van der Waals surface area contributed by atoms with Crippen LogP contribution in [0.3, 0.4) is 0 Å². The molecule has 19 heavy (non-hydrogen) atoms. The smallest absolute Gasteiger partial charge is 0.387 e. The van der Waals surface area contributed by atoms with E-state index in [0.717, 1.165) is 6.42 Å². The van der Waals surface area contributed by atoms with Gasteiger partial charge in [0.25, 0.3) is 0 Å². The first-order valence-corrected chi connectivity index (χ1v) is 6.05. The zero-order valence-electron chi connectivity index (χ0n) is 10.9. The molecule has 1 aromatic rings. The van der Waals surface area contributed by atoms with E-state index in [9.17, 15) is 13.6 Å². The quantitative estimate of drug-likeness (QED) is 0.836. The first-order valence-electron chi connectivity index (χ1n) is 6.05. The van der Waals surface area contributed by atoms with Gasteiger partial charge in [0, 0.05) is 11.8 Å². The number of carbonyl (C=O) groups is 1. The molecule has 0 radical (unpaired) electrons. The number of nitrogens with one attached hydrogen (secondary N) is 1. The predicted molar refractivity (Wildman–Crippen MR) is 69.1 cm³/mol. The van der Waals surface area contributed by atoms with Gasteiger partial charge in [-0.15, -0.1) is 0 Å². The third kappa shape index (κ3) is 4.82. The molecule has 0 aliphatic heterocycles. The van der Waals surface area contributed by atoms with Crippen molar-refractivity contribution in [3.05, 3.63) is 24.3 Å². The van der Waals surface area contributed by atoms with E-state index in [1.807, 2.05) is 13.8 Å². The minimum absolute atomic E-state index is 0.00934. The Bertz CT molecular complexity index is 427. The van der Waals surface area contributed by atoms with Gasteiger partial charge in [-0.1, -0.05) is 26.3 Å². The van der Waals surface area contributed by atoms with Crippen molar-refractivity contribution < 1.29 is 18.3 Å². The Morgan fingerprint density at radius 1 is 1.47 bits per heavy atom. The molecule has 1 rings (SSSR count). The highest BCUT2D eigenvalue weighted by Gasteiger charge is 2.19. The van der Waals surface area contributed by atoms with E-state index in [0.29, 0.717) is 5.69 Å². The summed E-state index contributed by atoms with van der Waals surface area (Å²) in [6.07, 6.45) is 0.781. The van der Waals surface area contributed by atoms with E-state index in [2.05, 4.69) is 10.1 Å². The number of carbonyl (C=O) groups excluding carboxylic acids is 1. The molecule has 0 aromatic heterocycles. The molecule has 106 valence electrons. The van der Waals surface area contributed by atoms with Crippen LogP contribution in [0, 0.1) is 5.92 Å². The summed E-state index contributed by atoms with van der Waals surface area (Å²) >= 11 is 0. The Hall–Kier alpha value is -1.69. The summed E-state index contributed by atoms with van der Waals surface area (Å²) in [5, 5.41) is 2.58. The van der Waals surface area contributed by atoms with Crippen molar-refractivity contribution in [2.45, 2.75) is 32.9 Å². The number of rotatable bonds is 6. The van der Waals surface area contributed by atoms with Gasteiger partial charge in [-0.25, -0.2) is 0 Å². The highest BCUT2D eigenvalue weighted by molar-refractivity contribution is 5.95. The molecule has 3 N–H and O–H groups in total. The van der Waals surface area contributed by atoms with Crippen LogP contribution in [0.5, 0.6) is 5.75 Å². The van der Waals surface area contributed by atoms with Crippen molar-refractivity contribution >= 4 is 11.6 Å². The lowest BCUT2D eigenvalue weighted by Gasteiger charge is -2.18. The maximum Gasteiger partial charge on any atom is 0.387 e. The normalized spacial score (nSPS) is 14.0. The number of halogens is 2. The van der Waals surface area contributed by atoms with Gasteiger partial charge in [0.05, 0.1) is 6.04 Å². The van der Waals surface area contributed by atoms with Crippen LogP contribution >= 0.6 is 0 Å². The van der Waals surface area contributed by atoms with E-state index in [1.165, 1.54) is 18.2 Å². The SMILES string of the molecule is CC[C@H](C)[C@H](N)C(=O)Nc1cccc(OC(F)F)c1. The van der Waals surface area contributed by atoms with Crippen LogP contribution in [0.2, 0.25) is 0 Å². The molecule has 2 atom stereocenters. The number of hydrogen-bond donors (Lipinski definition) is 2. The summed E-state index contributed by atoms with van der Waals surface area (Å²) in [6, 6.07) is 5.18. The molecule has 0 fully saturated rings. The summed E-state index contributed by atoms with van der Waals surface area (Å²) in [5.41, 5.74) is 6.15. The summed E-state index contributed by atoms with van der Waals surface area (Å²) in [6.45, 7) is 0.920. The molecular weight excluding hydrogens is 254 g/mol. The largest absolute Gasteiger partial charge is 0.435 e. The molecule has 0 saturated heterocycles. The third-order valence-corrected chi connectivity index (χ3v) is 2.89. The molecule has 0 spiro atoms. The summed E-state index contributed by atoms with van der Waals surface area (Å²) in [7, 11) is 0. The molecule has 6 heteroatoms. The third-order valence-electron chi connectivity index (χ3n) is 2.89. The molecule has 4 nitrogen and oxygen atoms in total. The number of ether oxygens (including phenoxy) is 1. The Balaban J connectivity index is 2.69. The number of benzene rings is 1. The Kier molecular flexibility index (Phi) is 5.69. The molecule has 0 heterocycles. The van der Waals surface area contributed by atoms with E-state index >= 15 is 0 Å². The van der Waals surface area contributed by atoms with Crippen LogP contribution in [-0.4, -0.2) is 18.6 Å². The lowest BCUT2D eigenvalue weighted by Crippen LogP contribution is -2.40. The van der Waals surface area contributed by atoms with E-state index < -0.39 is 12.7 Å². The highest BCUT2D eigenvalue weighted by atomic mass is 19.3. The average molecular weight is 272 g/mol. The van der Waals surface area contributed by atoms with Gasteiger partial charge < -0.3 is 15.8 Å². The van der Waals surface area contributed by atoms with Gasteiger partial charge in [-0.2, -0.15) is 8.78 Å². The van der Waals surface area contributed by atoms with Crippen molar-refractivity contribution in [2.24, 2.45) is 11.7 Å². The standard InChI is InChI=1S/C13H18F2N2O2/c1-3-8(2)11(16)12(18)17-9-5-4-6-10(7-9)19-13(14)15/h4-8,11,13H,3,16H2,1-2H3,(H,17,18)/t8-,11-/m0/s1. The number of alkyl halides is 2. The van der Waals surface area contributed by atoms with E-state index in [4.69, 9.17) is 5.73 Å². The van der Waals surface area contributed by atoms with Crippen LogP contribution < -0.4 is 15.8 Å². The van der Waals surface area contributed by atoms with Gasteiger partial charge in [0.15, 0.2) is 0 Å². The van der Waals surface area contributed by atoms with Gasteiger partial charge >= 0.3 is 6.61 Å². The van der Waals surface area contributed by atoms with Gasteiger partial charge in [-0.3, -0.25) is 4.79 Å². The van der Waals surface area contributed by atoms with Crippen LogP contribution in [0.1, 0.15) is 20.3 Å². The molecule has 0 aliphatic rings. The van der Waals surface area contributed by atoms with Crippen molar-refractivity contribution in [3.8, 4) is 5.75 Å². The fraction of sp³-hybridized carbons (Fsp3) is 0.462. The van der Waals surface area contributed by atoms with Crippen molar-refractivity contribution in [3.63, 3.8) is 0 Å². The Morgan fingerprint density at radius 2 is 2.16 bits per heavy atom. The first kappa shape index (κ1) is 15.4. The molecule has 0 bridgehead atoms. The molecule has 0 aliphatic carbocycles. The zero-order chi connectivity index (χ0) is 14.4. The molecule has 1 amide bonds. The minimum atomic E-state index is -2.90. The van der Waals surface area contributed by atoms with Crippen molar-refractivity contribution in [1.29, 1.82) is 0 Å². The first-order chi connectivity index (χ1) is 8.93. The summed E-state index contributed by atoms with van der Waals surface area (Å²) < 4.78 is 28.4. The van der Waals surface area contributed by atoms with Gasteiger partial charge in [-0.05, 0) is 18.1 Å². The van der Waals surface area contributed by atoms with Crippen molar-refractivity contribution in [1.82, 2.24) is 0 Å². The van der Waals surface area contributed by atoms with Crippen molar-refractivity contribution in [2.75, 3.05) is 5.32 Å². The monoisotopic (exact) mass is 272 g/mol. The topological polar surface area (TPSA) is 64.4 Å². The second-order valence-electron chi connectivity index (χ2n) is 4.31. The zero-order valence-corrected chi connectivity index (χ0v) is 10.9. The fourth-order valence-electron chi connectivity index (χ4n) is 1.49. The molecular formula is C13H18F2N2O2. The second kappa shape index (κ2) is 7.04. The van der Waals surface area contributed by atoms with E-state index in [-0.39, 0.29) is 17.6 Å². The maximum absolute atomic E-state index is 12.1. The number of nitrogens with two attached hydrogens (primary N) is 1. The second-order valence-corrected chi connectivity index (χ2v) is 4.31. The van der Waals surface area contributed by atoms with E-state index in [1.54, 1.807) is 6.07 Å². The molecule has 0 unspecified atom stereocenters. The maximum atomic E-state index is 12.1. The Labute approximate surface area is 110 Å². The number of amides is 1. The van der Waals surface area contributed by atoms with Crippen LogP contribution in [0.25, 0.3) is 0 Å².